The Morgan fingerprint density at radius 2 is 2.00 bits per heavy atom. The maximum absolute atomic E-state index is 12.0. The molecule has 0 spiro atoms. The van der Waals surface area contributed by atoms with E-state index in [9.17, 15) is 22.8 Å². The van der Waals surface area contributed by atoms with Crippen LogP contribution in [-0.2, 0) is 14.3 Å². The second-order valence-electron chi connectivity index (χ2n) is 4.55. The number of halogens is 3. The minimum absolute atomic E-state index is 0.00764. The number of ether oxygens (including phenoxy) is 1. The van der Waals surface area contributed by atoms with Crippen LogP contribution in [0.1, 0.15) is 12.8 Å². The van der Waals surface area contributed by atoms with Crippen molar-refractivity contribution < 1.29 is 27.5 Å². The lowest BCUT2D eigenvalue weighted by Gasteiger charge is -2.33. The summed E-state index contributed by atoms with van der Waals surface area (Å²) in [4.78, 5) is 25.9. The molecule has 5 nitrogen and oxygen atoms in total. The molecule has 0 aromatic rings. The molecular weight excluding hydrogens is 265 g/mol. The van der Waals surface area contributed by atoms with Gasteiger partial charge in [0, 0.05) is 27.1 Å². The van der Waals surface area contributed by atoms with Crippen molar-refractivity contribution in [2.45, 2.75) is 25.1 Å². The molecule has 19 heavy (non-hydrogen) atoms. The van der Waals surface area contributed by atoms with Crippen LogP contribution in [0.4, 0.5) is 13.2 Å². The van der Waals surface area contributed by atoms with Crippen LogP contribution in [0.2, 0.25) is 0 Å². The van der Waals surface area contributed by atoms with Gasteiger partial charge in [-0.25, -0.2) is 0 Å². The molecule has 1 atom stereocenters. The Morgan fingerprint density at radius 3 is 2.53 bits per heavy atom. The fraction of sp³-hybridized carbons (Fsp3) is 0.818. The van der Waals surface area contributed by atoms with E-state index < -0.39 is 31.0 Å². The van der Waals surface area contributed by atoms with Crippen molar-refractivity contribution in [3.63, 3.8) is 0 Å². The molecule has 1 rings (SSSR count). The predicted molar refractivity (Wildman–Crippen MR) is 60.3 cm³/mol. The summed E-state index contributed by atoms with van der Waals surface area (Å²) in [7, 11) is 3.10. The average Bonchev–Trinajstić information content (AvgIpc) is 2.34. The lowest BCUT2D eigenvalue weighted by molar-refractivity contribution is -0.158. The van der Waals surface area contributed by atoms with Gasteiger partial charge < -0.3 is 14.5 Å². The Hall–Kier alpha value is -1.31. The molecule has 0 radical (unpaired) electrons. The predicted octanol–water partition coefficient (Wildman–Crippen LogP) is 0.644. The van der Waals surface area contributed by atoms with E-state index in [0.29, 0.717) is 0 Å². The van der Waals surface area contributed by atoms with Gasteiger partial charge in [0.25, 0.3) is 5.91 Å². The highest BCUT2D eigenvalue weighted by Crippen LogP contribution is 2.22. The maximum atomic E-state index is 12.0. The van der Waals surface area contributed by atoms with Crippen molar-refractivity contribution in [1.29, 1.82) is 0 Å². The molecular formula is C11H17F3N2O3. The van der Waals surface area contributed by atoms with Gasteiger partial charge in [-0.2, -0.15) is 13.2 Å². The number of alkyl halides is 3. The number of carbonyl (C=O) groups is 2. The molecule has 1 aliphatic rings. The van der Waals surface area contributed by atoms with Gasteiger partial charge in [-0.3, -0.25) is 9.59 Å². The summed E-state index contributed by atoms with van der Waals surface area (Å²) in [5, 5.41) is 0. The highest BCUT2D eigenvalue weighted by molar-refractivity contribution is 5.82. The van der Waals surface area contributed by atoms with Gasteiger partial charge in [0.2, 0.25) is 5.91 Å². The van der Waals surface area contributed by atoms with Crippen molar-refractivity contribution in [1.82, 2.24) is 9.80 Å². The Kier molecular flexibility index (Phi) is 5.16. The smallest absolute Gasteiger partial charge is 0.365 e. The van der Waals surface area contributed by atoms with E-state index in [0.717, 1.165) is 0 Å². The Labute approximate surface area is 109 Å². The molecule has 0 aliphatic carbocycles. The molecule has 1 heterocycles. The van der Waals surface area contributed by atoms with Gasteiger partial charge in [0.15, 0.2) is 6.10 Å². The lowest BCUT2D eigenvalue weighted by atomic mass is 10.2. The maximum Gasteiger partial charge on any atom is 0.389 e. The zero-order chi connectivity index (χ0) is 14.6. The highest BCUT2D eigenvalue weighted by Gasteiger charge is 2.33. The monoisotopic (exact) mass is 282 g/mol. The molecule has 1 fully saturated rings. The number of rotatable bonds is 3. The Bertz CT molecular complexity index is 345. The van der Waals surface area contributed by atoms with Crippen molar-refractivity contribution >= 4 is 11.8 Å². The van der Waals surface area contributed by atoms with Crippen molar-refractivity contribution in [3.05, 3.63) is 0 Å². The number of hydrogen-bond donors (Lipinski definition) is 0. The van der Waals surface area contributed by atoms with Crippen LogP contribution < -0.4 is 0 Å². The van der Waals surface area contributed by atoms with E-state index >= 15 is 0 Å². The molecule has 0 N–H and O–H groups in total. The quantitative estimate of drug-likeness (QED) is 0.763. The molecule has 0 saturated carbocycles. The van der Waals surface area contributed by atoms with Gasteiger partial charge >= 0.3 is 6.18 Å². The normalized spacial score (nSPS) is 20.3. The van der Waals surface area contributed by atoms with Crippen LogP contribution in [0.3, 0.4) is 0 Å². The highest BCUT2D eigenvalue weighted by atomic mass is 19.4. The van der Waals surface area contributed by atoms with E-state index in [-0.39, 0.29) is 25.6 Å². The molecule has 1 aliphatic heterocycles. The summed E-state index contributed by atoms with van der Waals surface area (Å²) in [6.07, 6.45) is -6.87. The fourth-order valence-corrected chi connectivity index (χ4v) is 1.72. The SMILES string of the molecule is CN(C)C(=O)[C@@H]1CN(C(=O)CCC(F)(F)F)CCO1. The van der Waals surface area contributed by atoms with E-state index in [1.807, 2.05) is 0 Å². The summed E-state index contributed by atoms with van der Waals surface area (Å²) in [5.74, 6) is -0.898. The van der Waals surface area contributed by atoms with E-state index in [2.05, 4.69) is 0 Å². The lowest BCUT2D eigenvalue weighted by Crippen LogP contribution is -2.51. The molecule has 0 unspecified atom stereocenters. The van der Waals surface area contributed by atoms with Crippen LogP contribution >= 0.6 is 0 Å². The minimum Gasteiger partial charge on any atom is -0.365 e. The van der Waals surface area contributed by atoms with Crippen molar-refractivity contribution in [2.75, 3.05) is 33.8 Å². The Balaban J connectivity index is 2.50. The fourth-order valence-electron chi connectivity index (χ4n) is 1.72. The Morgan fingerprint density at radius 1 is 1.37 bits per heavy atom. The van der Waals surface area contributed by atoms with Crippen LogP contribution in [0.15, 0.2) is 0 Å². The molecule has 8 heteroatoms. The van der Waals surface area contributed by atoms with Gasteiger partial charge in [-0.1, -0.05) is 0 Å². The third-order valence-corrected chi connectivity index (χ3v) is 2.76. The number of amides is 2. The first-order chi connectivity index (χ1) is 8.70. The third-order valence-electron chi connectivity index (χ3n) is 2.76. The van der Waals surface area contributed by atoms with Gasteiger partial charge in [0.05, 0.1) is 19.6 Å². The van der Waals surface area contributed by atoms with Crippen LogP contribution in [0, 0.1) is 0 Å². The molecule has 0 aromatic heterocycles. The summed E-state index contributed by atoms with van der Waals surface area (Å²) in [6.45, 7) is 0.379. The topological polar surface area (TPSA) is 49.9 Å². The molecule has 1 saturated heterocycles. The van der Waals surface area contributed by atoms with Crippen molar-refractivity contribution in [2.24, 2.45) is 0 Å². The van der Waals surface area contributed by atoms with Crippen molar-refractivity contribution in [3.8, 4) is 0 Å². The second kappa shape index (κ2) is 6.23. The zero-order valence-electron chi connectivity index (χ0n) is 10.9. The molecule has 110 valence electrons. The molecule has 0 aromatic carbocycles. The molecule has 2 amide bonds. The summed E-state index contributed by atoms with van der Waals surface area (Å²) < 4.78 is 41.3. The first-order valence-electron chi connectivity index (χ1n) is 5.88. The number of nitrogens with zero attached hydrogens (tertiary/aromatic N) is 2. The second-order valence-corrected chi connectivity index (χ2v) is 4.55. The third kappa shape index (κ3) is 5.06. The minimum atomic E-state index is -4.35. The summed E-state index contributed by atoms with van der Waals surface area (Å²) in [6, 6.07) is 0. The number of likely N-dealkylation sites (N-methyl/N-ethyl adjacent to an activating group) is 1. The number of hydrogen-bond acceptors (Lipinski definition) is 3. The summed E-state index contributed by atoms with van der Waals surface area (Å²) >= 11 is 0. The largest absolute Gasteiger partial charge is 0.389 e. The zero-order valence-corrected chi connectivity index (χ0v) is 10.9. The van der Waals surface area contributed by atoms with E-state index in [4.69, 9.17) is 4.74 Å². The van der Waals surface area contributed by atoms with Gasteiger partial charge in [-0.05, 0) is 0 Å². The van der Waals surface area contributed by atoms with Crippen LogP contribution in [0.25, 0.3) is 0 Å². The number of carbonyl (C=O) groups excluding carboxylic acids is 2. The van der Waals surface area contributed by atoms with E-state index in [1.54, 1.807) is 14.1 Å². The average molecular weight is 282 g/mol. The van der Waals surface area contributed by atoms with Gasteiger partial charge in [0.1, 0.15) is 0 Å². The van der Waals surface area contributed by atoms with Crippen LogP contribution in [0.5, 0.6) is 0 Å². The summed E-state index contributed by atoms with van der Waals surface area (Å²) in [5.41, 5.74) is 0. The van der Waals surface area contributed by atoms with E-state index in [1.165, 1.54) is 9.80 Å². The standard InChI is InChI=1S/C11H17F3N2O3/c1-15(2)10(18)8-7-16(5-6-19-8)9(17)3-4-11(12,13)14/h8H,3-7H2,1-2H3/t8-/m0/s1. The van der Waals surface area contributed by atoms with Crippen LogP contribution in [-0.4, -0.2) is 67.7 Å². The van der Waals surface area contributed by atoms with Gasteiger partial charge in [-0.15, -0.1) is 0 Å². The first-order valence-corrected chi connectivity index (χ1v) is 5.88. The first kappa shape index (κ1) is 15.7. The number of morpholine rings is 1. The molecule has 0 bridgehead atoms.